The zero-order chi connectivity index (χ0) is 26.1. The summed E-state index contributed by atoms with van der Waals surface area (Å²) in [5.74, 6) is 1.29. The first-order chi connectivity index (χ1) is 17.4. The van der Waals surface area contributed by atoms with E-state index in [4.69, 9.17) is 21.2 Å². The zero-order valence-corrected chi connectivity index (χ0v) is 21.3. The van der Waals surface area contributed by atoms with Crippen LogP contribution in [0.4, 0.5) is 5.69 Å². The van der Waals surface area contributed by atoms with E-state index in [1.54, 1.807) is 18.2 Å². The van der Waals surface area contributed by atoms with Gasteiger partial charge in [0.1, 0.15) is 11.5 Å². The Labute approximate surface area is 214 Å². The SMILES string of the molecule is C=C(/C=C(\N=C(C)C(C)CC)c1ccccc1C#N)Oc1cc(N)ccc1-c1ccc(CCN)cc1. The van der Waals surface area contributed by atoms with Crippen molar-refractivity contribution in [3.8, 4) is 22.9 Å². The number of hydrogen-bond donors (Lipinski definition) is 2. The van der Waals surface area contributed by atoms with Crippen LogP contribution in [0, 0.1) is 17.2 Å². The standard InChI is InChI=1S/C31H34N4O/c1-5-21(2)23(4)35-30(28-9-7-6-8-26(28)20-33)18-22(3)36-31-19-27(34)14-15-29(31)25-12-10-24(11-13-25)16-17-32/h6-15,18-19,21H,3,5,16-17,32,34H2,1-2,4H3/b30-18-,35-23?. The second-order valence-electron chi connectivity index (χ2n) is 8.81. The summed E-state index contributed by atoms with van der Waals surface area (Å²) in [6.45, 7) is 11.0. The number of anilines is 1. The highest BCUT2D eigenvalue weighted by Gasteiger charge is 2.13. The topological polar surface area (TPSA) is 97.4 Å². The lowest BCUT2D eigenvalue weighted by molar-refractivity contribution is 0.449. The number of hydrogen-bond acceptors (Lipinski definition) is 5. The molecule has 0 aliphatic heterocycles. The molecule has 0 bridgehead atoms. The molecule has 184 valence electrons. The third kappa shape index (κ3) is 6.71. The molecule has 0 amide bonds. The Hall–Kier alpha value is -4.14. The number of ether oxygens (including phenoxy) is 1. The lowest BCUT2D eigenvalue weighted by atomic mass is 10.0. The van der Waals surface area contributed by atoms with Crippen molar-refractivity contribution >= 4 is 17.1 Å². The predicted molar refractivity (Wildman–Crippen MR) is 151 cm³/mol. The maximum Gasteiger partial charge on any atom is 0.137 e. The molecule has 0 saturated carbocycles. The fourth-order valence-corrected chi connectivity index (χ4v) is 3.77. The lowest BCUT2D eigenvalue weighted by Gasteiger charge is -2.15. The molecule has 3 aromatic rings. The molecular formula is C31H34N4O. The number of benzene rings is 3. The third-order valence-electron chi connectivity index (χ3n) is 6.19. The van der Waals surface area contributed by atoms with Gasteiger partial charge in [-0.3, -0.25) is 4.99 Å². The van der Waals surface area contributed by atoms with E-state index >= 15 is 0 Å². The molecule has 0 aliphatic carbocycles. The summed E-state index contributed by atoms with van der Waals surface area (Å²) in [5.41, 5.74) is 18.3. The van der Waals surface area contributed by atoms with Crippen molar-refractivity contribution in [2.24, 2.45) is 16.6 Å². The summed E-state index contributed by atoms with van der Waals surface area (Å²) in [7, 11) is 0. The highest BCUT2D eigenvalue weighted by Crippen LogP contribution is 2.34. The average Bonchev–Trinajstić information content (AvgIpc) is 2.88. The van der Waals surface area contributed by atoms with Crippen molar-refractivity contribution in [2.75, 3.05) is 12.3 Å². The van der Waals surface area contributed by atoms with Crippen LogP contribution in [0.15, 0.2) is 90.1 Å². The van der Waals surface area contributed by atoms with Crippen molar-refractivity contribution in [3.05, 3.63) is 102 Å². The summed E-state index contributed by atoms with van der Waals surface area (Å²) < 4.78 is 6.23. The van der Waals surface area contributed by atoms with Crippen LogP contribution in [0.5, 0.6) is 5.75 Å². The quantitative estimate of drug-likeness (QED) is 0.146. The smallest absolute Gasteiger partial charge is 0.137 e. The molecule has 0 aliphatic rings. The van der Waals surface area contributed by atoms with Crippen LogP contribution < -0.4 is 16.2 Å². The predicted octanol–water partition coefficient (Wildman–Crippen LogP) is 6.75. The van der Waals surface area contributed by atoms with Crippen LogP contribution in [0.2, 0.25) is 0 Å². The Kier molecular flexibility index (Phi) is 9.21. The van der Waals surface area contributed by atoms with Gasteiger partial charge in [0.15, 0.2) is 0 Å². The lowest BCUT2D eigenvalue weighted by Crippen LogP contribution is -2.06. The summed E-state index contributed by atoms with van der Waals surface area (Å²) in [4.78, 5) is 4.88. The Morgan fingerprint density at radius 3 is 2.53 bits per heavy atom. The van der Waals surface area contributed by atoms with Gasteiger partial charge in [0.2, 0.25) is 0 Å². The minimum atomic E-state index is 0.305. The first-order valence-electron chi connectivity index (χ1n) is 12.2. The van der Waals surface area contributed by atoms with E-state index in [2.05, 4.69) is 50.8 Å². The van der Waals surface area contributed by atoms with Gasteiger partial charge >= 0.3 is 0 Å². The molecule has 3 aromatic carbocycles. The van der Waals surface area contributed by atoms with E-state index in [0.717, 1.165) is 35.2 Å². The molecule has 4 N–H and O–H groups in total. The molecule has 5 heteroatoms. The number of allylic oxidation sites excluding steroid dienone is 1. The third-order valence-corrected chi connectivity index (χ3v) is 6.19. The van der Waals surface area contributed by atoms with E-state index in [1.807, 2.05) is 37.3 Å². The van der Waals surface area contributed by atoms with Crippen LogP contribution in [-0.2, 0) is 6.42 Å². The van der Waals surface area contributed by atoms with E-state index in [1.165, 1.54) is 5.56 Å². The molecule has 3 rings (SSSR count). The van der Waals surface area contributed by atoms with Crippen molar-refractivity contribution in [3.63, 3.8) is 0 Å². The van der Waals surface area contributed by atoms with Gasteiger partial charge in [-0.1, -0.05) is 62.9 Å². The molecule has 1 atom stereocenters. The Morgan fingerprint density at radius 2 is 1.86 bits per heavy atom. The molecular weight excluding hydrogens is 444 g/mol. The Balaban J connectivity index is 2.01. The van der Waals surface area contributed by atoms with Crippen LogP contribution in [0.1, 0.15) is 43.9 Å². The average molecular weight is 479 g/mol. The minimum Gasteiger partial charge on any atom is -0.457 e. The van der Waals surface area contributed by atoms with Crippen molar-refractivity contribution in [2.45, 2.75) is 33.6 Å². The second kappa shape index (κ2) is 12.5. The minimum absolute atomic E-state index is 0.305. The van der Waals surface area contributed by atoms with Crippen LogP contribution >= 0.6 is 0 Å². The van der Waals surface area contributed by atoms with Gasteiger partial charge in [-0.05, 0) is 61.6 Å². The fraction of sp³-hybridized carbons (Fsp3) is 0.226. The normalized spacial score (nSPS) is 12.6. The van der Waals surface area contributed by atoms with Gasteiger partial charge in [-0.15, -0.1) is 0 Å². The summed E-state index contributed by atoms with van der Waals surface area (Å²) in [6.07, 6.45) is 3.58. The van der Waals surface area contributed by atoms with Crippen molar-refractivity contribution in [1.29, 1.82) is 5.26 Å². The number of aliphatic imine (C=N–C) groups is 1. The molecule has 5 nitrogen and oxygen atoms in total. The first kappa shape index (κ1) is 26.5. The second-order valence-corrected chi connectivity index (χ2v) is 8.81. The van der Waals surface area contributed by atoms with Crippen LogP contribution in [-0.4, -0.2) is 12.3 Å². The first-order valence-corrected chi connectivity index (χ1v) is 12.2. The number of rotatable bonds is 10. The van der Waals surface area contributed by atoms with Crippen LogP contribution in [0.3, 0.4) is 0 Å². The summed E-state index contributed by atoms with van der Waals surface area (Å²) in [6, 6.07) is 23.5. The van der Waals surface area contributed by atoms with Gasteiger partial charge in [-0.2, -0.15) is 5.26 Å². The maximum absolute atomic E-state index is 9.67. The molecule has 0 heterocycles. The molecule has 0 radical (unpaired) electrons. The van der Waals surface area contributed by atoms with Gasteiger partial charge in [0.05, 0.1) is 17.3 Å². The summed E-state index contributed by atoms with van der Waals surface area (Å²) >= 11 is 0. The zero-order valence-electron chi connectivity index (χ0n) is 21.3. The number of nitrogens with two attached hydrogens (primary N) is 2. The number of nitrogens with zero attached hydrogens (tertiary/aromatic N) is 2. The number of nitriles is 1. The number of nitrogen functional groups attached to an aromatic ring is 1. The van der Waals surface area contributed by atoms with Crippen molar-refractivity contribution < 1.29 is 4.74 Å². The molecule has 36 heavy (non-hydrogen) atoms. The fourth-order valence-electron chi connectivity index (χ4n) is 3.77. The molecule has 0 aromatic heterocycles. The van der Waals surface area contributed by atoms with Gasteiger partial charge in [-0.25, -0.2) is 0 Å². The van der Waals surface area contributed by atoms with E-state index in [-0.39, 0.29) is 0 Å². The van der Waals surface area contributed by atoms with E-state index in [0.29, 0.717) is 40.9 Å². The Bertz CT molecular complexity index is 1310. The Morgan fingerprint density at radius 1 is 1.14 bits per heavy atom. The van der Waals surface area contributed by atoms with Crippen molar-refractivity contribution in [1.82, 2.24) is 0 Å². The van der Waals surface area contributed by atoms with Gasteiger partial charge < -0.3 is 16.2 Å². The van der Waals surface area contributed by atoms with Gasteiger partial charge in [0, 0.05) is 34.7 Å². The van der Waals surface area contributed by atoms with Gasteiger partial charge in [0.25, 0.3) is 0 Å². The van der Waals surface area contributed by atoms with E-state index < -0.39 is 0 Å². The largest absolute Gasteiger partial charge is 0.457 e. The molecule has 1 unspecified atom stereocenters. The van der Waals surface area contributed by atoms with E-state index in [9.17, 15) is 5.26 Å². The molecule has 0 saturated heterocycles. The summed E-state index contributed by atoms with van der Waals surface area (Å²) in [5, 5.41) is 9.67. The maximum atomic E-state index is 9.67. The molecule has 0 fully saturated rings. The monoisotopic (exact) mass is 478 g/mol. The van der Waals surface area contributed by atoms with Crippen LogP contribution in [0.25, 0.3) is 16.8 Å². The molecule has 0 spiro atoms. The highest BCUT2D eigenvalue weighted by atomic mass is 16.5. The highest BCUT2D eigenvalue weighted by molar-refractivity contribution is 5.90.